The Kier molecular flexibility index (Phi) is 5.78. The van der Waals surface area contributed by atoms with Gasteiger partial charge in [-0.05, 0) is 24.7 Å². The number of hydrogen-bond acceptors (Lipinski definition) is 7. The summed E-state index contributed by atoms with van der Waals surface area (Å²) in [6.45, 7) is 2.15. The summed E-state index contributed by atoms with van der Waals surface area (Å²) in [7, 11) is 3.80. The van der Waals surface area contributed by atoms with Crippen LogP contribution in [0, 0.1) is 11.3 Å². The predicted molar refractivity (Wildman–Crippen MR) is 108 cm³/mol. The third-order valence-corrected chi connectivity index (χ3v) is 4.65. The van der Waals surface area contributed by atoms with E-state index >= 15 is 0 Å². The molecule has 0 amide bonds. The smallest absolute Gasteiger partial charge is 0.158 e. The summed E-state index contributed by atoms with van der Waals surface area (Å²) < 4.78 is 5.60. The minimum absolute atomic E-state index is 0. The fourth-order valence-corrected chi connectivity index (χ4v) is 3.20. The van der Waals surface area contributed by atoms with Gasteiger partial charge >= 0.3 is 0 Å². The van der Waals surface area contributed by atoms with Crippen LogP contribution in [-0.4, -0.2) is 52.3 Å². The van der Waals surface area contributed by atoms with Gasteiger partial charge in [-0.25, -0.2) is 9.97 Å². The van der Waals surface area contributed by atoms with Gasteiger partial charge in [0.2, 0.25) is 0 Å². The van der Waals surface area contributed by atoms with Crippen molar-refractivity contribution < 1.29 is 4.74 Å². The normalized spacial score (nSPS) is 13.9. The van der Waals surface area contributed by atoms with Gasteiger partial charge in [0.25, 0.3) is 0 Å². The van der Waals surface area contributed by atoms with E-state index in [1.807, 2.05) is 12.1 Å². The average Bonchev–Trinajstić information content (AvgIpc) is 3.14. The molecule has 9 heteroatoms. The largest absolute Gasteiger partial charge is 0.496 e. The van der Waals surface area contributed by atoms with Gasteiger partial charge in [0.05, 0.1) is 25.2 Å². The molecule has 0 radical (unpaired) electrons. The molecule has 1 aromatic carbocycles. The molecule has 0 saturated carbocycles. The van der Waals surface area contributed by atoms with Crippen LogP contribution in [-0.2, 0) is 0 Å². The van der Waals surface area contributed by atoms with E-state index in [0.29, 0.717) is 17.6 Å². The van der Waals surface area contributed by atoms with Crippen molar-refractivity contribution in [3.8, 4) is 23.1 Å². The van der Waals surface area contributed by atoms with E-state index in [0.717, 1.165) is 30.1 Å². The molecule has 144 valence electrons. The molecule has 8 nitrogen and oxygen atoms in total. The molecule has 1 aliphatic heterocycles. The number of aromatic amines is 1. The van der Waals surface area contributed by atoms with Crippen LogP contribution in [0.15, 0.2) is 36.7 Å². The monoisotopic (exact) mass is 397 g/mol. The zero-order chi connectivity index (χ0) is 18.8. The molecule has 0 unspecified atom stereocenters. The molecule has 28 heavy (non-hydrogen) atoms. The molecule has 2 aromatic heterocycles. The van der Waals surface area contributed by atoms with Crippen LogP contribution >= 0.6 is 12.4 Å². The molecule has 0 spiro atoms. The number of halogens is 1. The number of methoxy groups -OCH3 is 1. The third kappa shape index (κ3) is 3.91. The van der Waals surface area contributed by atoms with Crippen molar-refractivity contribution in [2.45, 2.75) is 5.92 Å². The van der Waals surface area contributed by atoms with Crippen LogP contribution in [0.1, 0.15) is 17.2 Å². The number of anilines is 2. The maximum Gasteiger partial charge on any atom is 0.158 e. The first-order valence-electron chi connectivity index (χ1n) is 8.57. The second-order valence-corrected chi connectivity index (χ2v) is 6.57. The minimum atomic E-state index is 0. The van der Waals surface area contributed by atoms with E-state index in [1.54, 1.807) is 7.11 Å². The molecule has 0 bridgehead atoms. The lowest BCUT2D eigenvalue weighted by Crippen LogP contribution is -2.41. The van der Waals surface area contributed by atoms with Crippen LogP contribution < -0.4 is 10.1 Å². The second-order valence-electron chi connectivity index (χ2n) is 6.57. The SMILES string of the molecule is COc1cc(C2CN(C)C2)ccc1-c1cc(Nc2cnc(C#N)cn2)n[nH]1.Cl. The van der Waals surface area contributed by atoms with Gasteiger partial charge in [-0.15, -0.1) is 12.4 Å². The zero-order valence-corrected chi connectivity index (χ0v) is 16.3. The molecule has 1 fully saturated rings. The summed E-state index contributed by atoms with van der Waals surface area (Å²) in [5.41, 5.74) is 3.35. The highest BCUT2D eigenvalue weighted by Gasteiger charge is 2.25. The zero-order valence-electron chi connectivity index (χ0n) is 15.5. The van der Waals surface area contributed by atoms with Gasteiger partial charge in [0.15, 0.2) is 11.5 Å². The van der Waals surface area contributed by atoms with Crippen molar-refractivity contribution >= 4 is 24.0 Å². The van der Waals surface area contributed by atoms with Gasteiger partial charge in [-0.2, -0.15) is 10.4 Å². The molecule has 4 rings (SSSR count). The van der Waals surface area contributed by atoms with Crippen LogP contribution in [0.4, 0.5) is 11.6 Å². The van der Waals surface area contributed by atoms with Gasteiger partial charge in [0.1, 0.15) is 17.6 Å². The van der Waals surface area contributed by atoms with Crippen LogP contribution in [0.25, 0.3) is 11.3 Å². The predicted octanol–water partition coefficient (Wildman–Crippen LogP) is 2.94. The number of nitriles is 1. The number of hydrogen-bond donors (Lipinski definition) is 2. The maximum absolute atomic E-state index is 8.78. The van der Waals surface area contributed by atoms with E-state index < -0.39 is 0 Å². The van der Waals surface area contributed by atoms with Crippen molar-refractivity contribution in [2.75, 3.05) is 32.6 Å². The van der Waals surface area contributed by atoms with Crippen molar-refractivity contribution in [3.05, 3.63) is 47.9 Å². The van der Waals surface area contributed by atoms with Crippen LogP contribution in [0.3, 0.4) is 0 Å². The van der Waals surface area contributed by atoms with Gasteiger partial charge in [0, 0.05) is 30.6 Å². The standard InChI is InChI=1S/C19H19N7O.ClH/c1-26-10-13(11-26)12-3-4-15(17(5-12)27-2)16-6-18(25-24-16)23-19-9-21-14(7-20)8-22-19;/h3-6,8-9,13H,10-11H2,1-2H3,(H2,22,23,24,25);1H. The topological polar surface area (TPSA) is 103 Å². The summed E-state index contributed by atoms with van der Waals surface area (Å²) in [5, 5.41) is 19.1. The molecule has 3 heterocycles. The number of benzene rings is 1. The summed E-state index contributed by atoms with van der Waals surface area (Å²) in [5.74, 6) is 2.50. The number of nitrogens with zero attached hydrogens (tertiary/aromatic N) is 5. The average molecular weight is 398 g/mol. The van der Waals surface area contributed by atoms with E-state index in [4.69, 9.17) is 10.00 Å². The second kappa shape index (κ2) is 8.25. The Morgan fingerprint density at radius 3 is 2.68 bits per heavy atom. The van der Waals surface area contributed by atoms with Crippen molar-refractivity contribution in [3.63, 3.8) is 0 Å². The molecule has 1 aliphatic rings. The number of aromatic nitrogens is 4. The Balaban J connectivity index is 0.00000225. The van der Waals surface area contributed by atoms with Gasteiger partial charge < -0.3 is 15.0 Å². The minimum Gasteiger partial charge on any atom is -0.496 e. The number of likely N-dealkylation sites (N-methyl/N-ethyl adjacent to an activating group) is 1. The summed E-state index contributed by atoms with van der Waals surface area (Å²) >= 11 is 0. The first-order chi connectivity index (χ1) is 13.2. The van der Waals surface area contributed by atoms with E-state index in [2.05, 4.69) is 55.6 Å². The molecular formula is C19H20ClN7O. The summed E-state index contributed by atoms with van der Waals surface area (Å²) in [6.07, 6.45) is 2.91. The molecule has 1 saturated heterocycles. The number of likely N-dealkylation sites (tertiary alicyclic amines) is 1. The third-order valence-electron chi connectivity index (χ3n) is 4.65. The lowest BCUT2D eigenvalue weighted by atomic mass is 9.91. The van der Waals surface area contributed by atoms with Crippen molar-refractivity contribution in [2.24, 2.45) is 0 Å². The molecule has 2 N–H and O–H groups in total. The Morgan fingerprint density at radius 2 is 2.04 bits per heavy atom. The highest BCUT2D eigenvalue weighted by atomic mass is 35.5. The van der Waals surface area contributed by atoms with Crippen molar-refractivity contribution in [1.29, 1.82) is 5.26 Å². The van der Waals surface area contributed by atoms with Crippen molar-refractivity contribution in [1.82, 2.24) is 25.1 Å². The molecule has 3 aromatic rings. The highest BCUT2D eigenvalue weighted by Crippen LogP contribution is 2.35. The van der Waals surface area contributed by atoms with E-state index in [9.17, 15) is 0 Å². The van der Waals surface area contributed by atoms with Gasteiger partial charge in [-0.3, -0.25) is 5.10 Å². The molecule has 0 aliphatic carbocycles. The Morgan fingerprint density at radius 1 is 1.21 bits per heavy atom. The molecule has 0 atom stereocenters. The quantitative estimate of drug-likeness (QED) is 0.682. The number of rotatable bonds is 5. The maximum atomic E-state index is 8.78. The highest BCUT2D eigenvalue weighted by molar-refractivity contribution is 5.85. The van der Waals surface area contributed by atoms with Crippen LogP contribution in [0.5, 0.6) is 5.75 Å². The lowest BCUT2D eigenvalue weighted by Gasteiger charge is -2.36. The Labute approximate surface area is 169 Å². The molecular weight excluding hydrogens is 378 g/mol. The number of nitrogens with one attached hydrogen (secondary N) is 2. The number of ether oxygens (including phenoxy) is 1. The Hall–Kier alpha value is -3.15. The summed E-state index contributed by atoms with van der Waals surface area (Å²) in [4.78, 5) is 10.4. The Bertz CT molecular complexity index is 990. The van der Waals surface area contributed by atoms with E-state index in [1.165, 1.54) is 18.0 Å². The first kappa shape index (κ1) is 19.6. The fraction of sp³-hybridized carbons (Fsp3) is 0.263. The lowest BCUT2D eigenvalue weighted by molar-refractivity contribution is 0.189. The first-order valence-corrected chi connectivity index (χ1v) is 8.57. The van der Waals surface area contributed by atoms with Gasteiger partial charge in [-0.1, -0.05) is 6.07 Å². The van der Waals surface area contributed by atoms with E-state index in [-0.39, 0.29) is 18.1 Å². The van der Waals surface area contributed by atoms with Crippen LogP contribution in [0.2, 0.25) is 0 Å². The fourth-order valence-electron chi connectivity index (χ4n) is 3.20. The summed E-state index contributed by atoms with van der Waals surface area (Å²) in [6, 6.07) is 10.1. The number of H-pyrrole nitrogens is 1.